The second-order valence-corrected chi connectivity index (χ2v) is 6.13. The van der Waals surface area contributed by atoms with Crippen molar-refractivity contribution in [3.8, 4) is 0 Å². The van der Waals surface area contributed by atoms with E-state index < -0.39 is 5.91 Å². The third-order valence-corrected chi connectivity index (χ3v) is 4.02. The first kappa shape index (κ1) is 17.2. The molecule has 1 amide bonds. The second kappa shape index (κ2) is 7.51. The van der Waals surface area contributed by atoms with Crippen molar-refractivity contribution in [1.29, 1.82) is 0 Å². The first-order valence-corrected chi connectivity index (χ1v) is 8.20. The fourth-order valence-corrected chi connectivity index (χ4v) is 2.50. The van der Waals surface area contributed by atoms with Crippen LogP contribution in [0.2, 0.25) is 10.0 Å². The van der Waals surface area contributed by atoms with Gasteiger partial charge in [-0.15, -0.1) is 0 Å². The summed E-state index contributed by atoms with van der Waals surface area (Å²) in [6, 6.07) is 14.1. The molecule has 0 unspecified atom stereocenters. The first-order valence-electron chi connectivity index (χ1n) is 7.45. The van der Waals surface area contributed by atoms with Crippen molar-refractivity contribution in [2.24, 2.45) is 0 Å². The normalized spacial score (nSPS) is 10.4. The number of nitrogens with zero attached hydrogens (tertiary/aromatic N) is 2. The van der Waals surface area contributed by atoms with Crippen molar-refractivity contribution in [2.45, 2.75) is 6.92 Å². The summed E-state index contributed by atoms with van der Waals surface area (Å²) in [7, 11) is 0. The molecule has 0 aliphatic carbocycles. The summed E-state index contributed by atoms with van der Waals surface area (Å²) in [5.74, 6) is -0.0708. The van der Waals surface area contributed by atoms with E-state index in [-0.39, 0.29) is 5.69 Å². The number of anilines is 3. The highest BCUT2D eigenvalue weighted by Crippen LogP contribution is 2.26. The Morgan fingerprint density at radius 2 is 1.84 bits per heavy atom. The molecule has 0 aliphatic rings. The minimum absolute atomic E-state index is 0.210. The highest BCUT2D eigenvalue weighted by atomic mass is 35.5. The zero-order chi connectivity index (χ0) is 17.8. The van der Waals surface area contributed by atoms with Gasteiger partial charge in [0.2, 0.25) is 5.95 Å². The molecule has 0 saturated carbocycles. The van der Waals surface area contributed by atoms with E-state index in [0.29, 0.717) is 21.7 Å². The van der Waals surface area contributed by atoms with Crippen molar-refractivity contribution >= 4 is 46.4 Å². The molecule has 1 aromatic heterocycles. The topological polar surface area (TPSA) is 66.9 Å². The van der Waals surface area contributed by atoms with Crippen LogP contribution >= 0.6 is 23.2 Å². The lowest BCUT2D eigenvalue weighted by Gasteiger charge is -2.10. The smallest absolute Gasteiger partial charge is 0.274 e. The van der Waals surface area contributed by atoms with Gasteiger partial charge in [-0.2, -0.15) is 0 Å². The van der Waals surface area contributed by atoms with E-state index in [0.717, 1.165) is 11.3 Å². The van der Waals surface area contributed by atoms with Crippen molar-refractivity contribution in [2.75, 3.05) is 10.6 Å². The molecule has 2 aromatic carbocycles. The van der Waals surface area contributed by atoms with E-state index >= 15 is 0 Å². The Morgan fingerprint density at radius 3 is 2.64 bits per heavy atom. The number of aryl methyl sites for hydroxylation is 1. The van der Waals surface area contributed by atoms with Crippen LogP contribution in [-0.2, 0) is 0 Å². The largest absolute Gasteiger partial charge is 0.324 e. The molecule has 1 heterocycles. The zero-order valence-corrected chi connectivity index (χ0v) is 14.8. The Kier molecular flexibility index (Phi) is 5.16. The molecular formula is C18H14Cl2N4O. The van der Waals surface area contributed by atoms with E-state index in [1.165, 1.54) is 12.3 Å². The summed E-state index contributed by atoms with van der Waals surface area (Å²) in [5, 5.41) is 6.67. The minimum atomic E-state index is -0.403. The SMILES string of the molecule is Cc1ccccc1Nc1nccc(C(=O)Nc2cc(Cl)ccc2Cl)n1. The molecule has 0 saturated heterocycles. The maximum Gasteiger partial charge on any atom is 0.274 e. The van der Waals surface area contributed by atoms with Crippen LogP contribution in [0.1, 0.15) is 16.1 Å². The summed E-state index contributed by atoms with van der Waals surface area (Å²) in [6.45, 7) is 1.97. The fourth-order valence-electron chi connectivity index (χ4n) is 2.16. The van der Waals surface area contributed by atoms with Crippen molar-refractivity contribution in [1.82, 2.24) is 9.97 Å². The third kappa shape index (κ3) is 4.26. The molecule has 126 valence electrons. The molecule has 25 heavy (non-hydrogen) atoms. The van der Waals surface area contributed by atoms with E-state index in [9.17, 15) is 4.79 Å². The van der Waals surface area contributed by atoms with Gasteiger partial charge in [-0.05, 0) is 42.8 Å². The number of halogens is 2. The molecule has 0 radical (unpaired) electrons. The molecule has 2 N–H and O–H groups in total. The maximum absolute atomic E-state index is 12.4. The average Bonchev–Trinajstić information content (AvgIpc) is 2.60. The van der Waals surface area contributed by atoms with Gasteiger partial charge >= 0.3 is 0 Å². The van der Waals surface area contributed by atoms with Crippen LogP contribution in [-0.4, -0.2) is 15.9 Å². The van der Waals surface area contributed by atoms with Gasteiger partial charge in [-0.25, -0.2) is 9.97 Å². The first-order chi connectivity index (χ1) is 12.0. The Bertz CT molecular complexity index is 930. The number of hydrogen-bond acceptors (Lipinski definition) is 4. The summed E-state index contributed by atoms with van der Waals surface area (Å²) in [6.07, 6.45) is 1.52. The number of aromatic nitrogens is 2. The predicted octanol–water partition coefficient (Wildman–Crippen LogP) is 5.09. The number of nitrogens with one attached hydrogen (secondary N) is 2. The van der Waals surface area contributed by atoms with Gasteiger partial charge < -0.3 is 10.6 Å². The molecule has 3 rings (SSSR count). The Morgan fingerprint density at radius 1 is 1.04 bits per heavy atom. The molecule has 0 spiro atoms. The zero-order valence-electron chi connectivity index (χ0n) is 13.3. The van der Waals surface area contributed by atoms with Crippen molar-refractivity contribution in [3.63, 3.8) is 0 Å². The quantitative estimate of drug-likeness (QED) is 0.669. The molecule has 7 heteroatoms. The van der Waals surface area contributed by atoms with Crippen molar-refractivity contribution in [3.05, 3.63) is 76.0 Å². The van der Waals surface area contributed by atoms with Crippen LogP contribution in [0.25, 0.3) is 0 Å². The van der Waals surface area contributed by atoms with E-state index in [1.807, 2.05) is 31.2 Å². The molecule has 0 aliphatic heterocycles. The fraction of sp³-hybridized carbons (Fsp3) is 0.0556. The predicted molar refractivity (Wildman–Crippen MR) is 101 cm³/mol. The van der Waals surface area contributed by atoms with Crippen LogP contribution in [0.4, 0.5) is 17.3 Å². The Labute approximate surface area is 155 Å². The van der Waals surface area contributed by atoms with Crippen LogP contribution in [0.15, 0.2) is 54.7 Å². The van der Waals surface area contributed by atoms with Gasteiger partial charge in [-0.1, -0.05) is 41.4 Å². The Balaban J connectivity index is 1.80. The lowest BCUT2D eigenvalue weighted by Crippen LogP contribution is -2.15. The summed E-state index contributed by atoms with van der Waals surface area (Å²) in [4.78, 5) is 20.8. The van der Waals surface area contributed by atoms with Gasteiger partial charge in [0.25, 0.3) is 5.91 Å². The van der Waals surface area contributed by atoms with Gasteiger partial charge in [0.1, 0.15) is 5.69 Å². The van der Waals surface area contributed by atoms with Crippen LogP contribution in [0.3, 0.4) is 0 Å². The van der Waals surface area contributed by atoms with E-state index in [4.69, 9.17) is 23.2 Å². The number of amides is 1. The number of para-hydroxylation sites is 1. The molecule has 5 nitrogen and oxygen atoms in total. The molecule has 0 bridgehead atoms. The third-order valence-electron chi connectivity index (χ3n) is 3.46. The maximum atomic E-state index is 12.4. The average molecular weight is 373 g/mol. The van der Waals surface area contributed by atoms with Gasteiger partial charge in [0.05, 0.1) is 10.7 Å². The summed E-state index contributed by atoms with van der Waals surface area (Å²) in [5.41, 5.74) is 2.55. The van der Waals surface area contributed by atoms with Crippen LogP contribution < -0.4 is 10.6 Å². The molecule has 3 aromatic rings. The van der Waals surface area contributed by atoms with Gasteiger partial charge in [0.15, 0.2) is 0 Å². The van der Waals surface area contributed by atoms with E-state index in [1.54, 1.807) is 18.2 Å². The standard InChI is InChI=1S/C18H14Cl2N4O/c1-11-4-2-3-5-14(11)23-18-21-9-8-15(24-18)17(25)22-16-10-12(19)6-7-13(16)20/h2-10H,1H3,(H,22,25)(H,21,23,24). The summed E-state index contributed by atoms with van der Waals surface area (Å²) < 4.78 is 0. The second-order valence-electron chi connectivity index (χ2n) is 5.28. The van der Waals surface area contributed by atoms with E-state index in [2.05, 4.69) is 20.6 Å². The number of carbonyl (C=O) groups is 1. The Hall–Kier alpha value is -2.63. The minimum Gasteiger partial charge on any atom is -0.324 e. The van der Waals surface area contributed by atoms with Crippen LogP contribution in [0.5, 0.6) is 0 Å². The monoisotopic (exact) mass is 372 g/mol. The molecule has 0 atom stereocenters. The number of benzene rings is 2. The molecular weight excluding hydrogens is 359 g/mol. The number of rotatable bonds is 4. The van der Waals surface area contributed by atoms with Gasteiger partial charge in [-0.3, -0.25) is 4.79 Å². The lowest BCUT2D eigenvalue weighted by molar-refractivity contribution is 0.102. The highest BCUT2D eigenvalue weighted by molar-refractivity contribution is 6.35. The molecule has 0 fully saturated rings. The number of hydrogen-bond donors (Lipinski definition) is 2. The van der Waals surface area contributed by atoms with Gasteiger partial charge in [0, 0.05) is 16.9 Å². The summed E-state index contributed by atoms with van der Waals surface area (Å²) >= 11 is 12.0. The van der Waals surface area contributed by atoms with Crippen molar-refractivity contribution < 1.29 is 4.79 Å². The van der Waals surface area contributed by atoms with Crippen LogP contribution in [0, 0.1) is 6.92 Å². The number of carbonyl (C=O) groups excluding carboxylic acids is 1. The lowest BCUT2D eigenvalue weighted by atomic mass is 10.2. The highest BCUT2D eigenvalue weighted by Gasteiger charge is 2.12.